The number of pyridine rings is 2. The second-order valence-electron chi connectivity index (χ2n) is 16.2. The predicted molar refractivity (Wildman–Crippen MR) is 213 cm³/mol. The van der Waals surface area contributed by atoms with Gasteiger partial charge in [0.15, 0.2) is 0 Å². The molecule has 0 saturated heterocycles. The predicted octanol–water partition coefficient (Wildman–Crippen LogP) is 10.1. The highest BCUT2D eigenvalue weighted by Gasteiger charge is 2.42. The molecule has 6 nitrogen and oxygen atoms in total. The molecule has 1 aliphatic rings. The van der Waals surface area contributed by atoms with Crippen molar-refractivity contribution in [1.29, 1.82) is 0 Å². The Labute approximate surface area is 307 Å². The van der Waals surface area contributed by atoms with Gasteiger partial charge < -0.3 is 10.6 Å². The van der Waals surface area contributed by atoms with E-state index in [-0.39, 0.29) is 28.7 Å². The summed E-state index contributed by atoms with van der Waals surface area (Å²) in [6.07, 6.45) is 2.52. The molecule has 0 spiro atoms. The van der Waals surface area contributed by atoms with Crippen LogP contribution in [0.2, 0.25) is 0 Å². The molecule has 2 heterocycles. The van der Waals surface area contributed by atoms with Gasteiger partial charge >= 0.3 is 0 Å². The second kappa shape index (κ2) is 13.6. The monoisotopic (exact) mass is 688 g/mol. The molecule has 6 heteroatoms. The van der Waals surface area contributed by atoms with Crippen LogP contribution < -0.4 is 10.6 Å². The molecule has 0 bridgehead atoms. The maximum atomic E-state index is 14.2. The lowest BCUT2D eigenvalue weighted by atomic mass is 9.62. The van der Waals surface area contributed by atoms with Crippen molar-refractivity contribution >= 4 is 33.6 Å². The molecule has 6 aromatic rings. The number of aromatic nitrogens is 2. The first-order chi connectivity index (χ1) is 24.8. The number of nitrogens with zero attached hydrogens (tertiary/aromatic N) is 2. The molecule has 1 fully saturated rings. The Balaban J connectivity index is 1.13. The number of fused-ring (bicyclic) bond motifs is 2. The van der Waals surface area contributed by atoms with E-state index in [1.54, 1.807) is 0 Å². The number of carbonyl (C=O) groups excluding carboxylic acids is 2. The first-order valence-corrected chi connectivity index (χ1v) is 18.3. The fourth-order valence-electron chi connectivity index (χ4n) is 8.35. The van der Waals surface area contributed by atoms with Gasteiger partial charge in [-0.2, -0.15) is 0 Å². The SMILES string of the molecule is Cc1ccc(-c2cc(C(=O)NC[C@@]3(C)C[C@@H](NC(=O)c4cc(-c5ccc(C)c(C)c5)nc5ccccc45)CC(C)(C)C3)c3ccccc3n2)cc1C. The zero-order chi connectivity index (χ0) is 36.8. The van der Waals surface area contributed by atoms with Gasteiger partial charge in [0.2, 0.25) is 0 Å². The summed E-state index contributed by atoms with van der Waals surface area (Å²) in [7, 11) is 0. The molecule has 2 atom stereocenters. The Hall–Kier alpha value is -5.36. The quantitative estimate of drug-likeness (QED) is 0.175. The van der Waals surface area contributed by atoms with Gasteiger partial charge in [-0.05, 0) is 116 Å². The molecule has 0 unspecified atom stereocenters. The first kappa shape index (κ1) is 35.1. The third-order valence-electron chi connectivity index (χ3n) is 11.0. The minimum absolute atomic E-state index is 0.0413. The van der Waals surface area contributed by atoms with Crippen LogP contribution in [0.3, 0.4) is 0 Å². The number of amides is 2. The van der Waals surface area contributed by atoms with Crippen LogP contribution in [0.15, 0.2) is 97.1 Å². The van der Waals surface area contributed by atoms with Gasteiger partial charge in [-0.1, -0.05) is 81.4 Å². The highest BCUT2D eigenvalue weighted by atomic mass is 16.2. The molecule has 2 N–H and O–H groups in total. The van der Waals surface area contributed by atoms with E-state index in [1.165, 1.54) is 22.3 Å². The van der Waals surface area contributed by atoms with Gasteiger partial charge in [0.25, 0.3) is 11.8 Å². The Bertz CT molecular complexity index is 2360. The van der Waals surface area contributed by atoms with Crippen molar-refractivity contribution in [2.75, 3.05) is 6.54 Å². The lowest BCUT2D eigenvalue weighted by Gasteiger charge is -2.47. The lowest BCUT2D eigenvalue weighted by Crippen LogP contribution is -2.50. The Morgan fingerprint density at radius 3 is 1.65 bits per heavy atom. The maximum absolute atomic E-state index is 14.2. The van der Waals surface area contributed by atoms with Crippen LogP contribution in [-0.2, 0) is 0 Å². The van der Waals surface area contributed by atoms with Gasteiger partial charge in [-0.25, -0.2) is 9.97 Å². The van der Waals surface area contributed by atoms with E-state index in [2.05, 4.69) is 95.5 Å². The summed E-state index contributed by atoms with van der Waals surface area (Å²) in [5.74, 6) is -0.212. The summed E-state index contributed by atoms with van der Waals surface area (Å²) >= 11 is 0. The van der Waals surface area contributed by atoms with Crippen LogP contribution >= 0.6 is 0 Å². The number of hydrogen-bond donors (Lipinski definition) is 2. The third-order valence-corrected chi connectivity index (χ3v) is 11.0. The molecule has 1 saturated carbocycles. The molecule has 1 aliphatic carbocycles. The number of benzene rings is 4. The van der Waals surface area contributed by atoms with Crippen LogP contribution in [0, 0.1) is 38.5 Å². The van der Waals surface area contributed by atoms with E-state index in [0.717, 1.165) is 63.6 Å². The van der Waals surface area contributed by atoms with Crippen LogP contribution in [0.5, 0.6) is 0 Å². The van der Waals surface area contributed by atoms with Gasteiger partial charge in [-0.15, -0.1) is 0 Å². The van der Waals surface area contributed by atoms with Crippen LogP contribution in [0.25, 0.3) is 44.3 Å². The largest absolute Gasteiger partial charge is 0.351 e. The number of hydrogen-bond acceptors (Lipinski definition) is 4. The van der Waals surface area contributed by atoms with Crippen LogP contribution in [-0.4, -0.2) is 34.4 Å². The Morgan fingerprint density at radius 2 is 1.13 bits per heavy atom. The van der Waals surface area contributed by atoms with Gasteiger partial charge in [-0.3, -0.25) is 9.59 Å². The number of nitrogens with one attached hydrogen (secondary N) is 2. The Morgan fingerprint density at radius 1 is 0.635 bits per heavy atom. The summed E-state index contributed by atoms with van der Waals surface area (Å²) in [4.78, 5) is 38.1. The van der Waals surface area contributed by atoms with Crippen molar-refractivity contribution in [3.63, 3.8) is 0 Å². The van der Waals surface area contributed by atoms with Crippen LogP contribution in [0.1, 0.15) is 83.0 Å². The van der Waals surface area contributed by atoms with Crippen LogP contribution in [0.4, 0.5) is 0 Å². The fourth-order valence-corrected chi connectivity index (χ4v) is 8.35. The van der Waals surface area contributed by atoms with Crippen molar-refractivity contribution in [2.24, 2.45) is 10.8 Å². The minimum Gasteiger partial charge on any atom is -0.351 e. The summed E-state index contributed by atoms with van der Waals surface area (Å²) in [6.45, 7) is 15.6. The van der Waals surface area contributed by atoms with E-state index in [1.807, 2.05) is 60.7 Å². The highest BCUT2D eigenvalue weighted by molar-refractivity contribution is 6.08. The zero-order valence-corrected chi connectivity index (χ0v) is 31.4. The van der Waals surface area contributed by atoms with E-state index >= 15 is 0 Å². The summed E-state index contributed by atoms with van der Waals surface area (Å²) < 4.78 is 0. The van der Waals surface area contributed by atoms with E-state index < -0.39 is 0 Å². The number of carbonyl (C=O) groups is 2. The average molecular weight is 689 g/mol. The molecule has 0 aliphatic heterocycles. The topological polar surface area (TPSA) is 84.0 Å². The molecule has 7 rings (SSSR count). The smallest absolute Gasteiger partial charge is 0.252 e. The van der Waals surface area contributed by atoms with Crippen molar-refractivity contribution < 1.29 is 9.59 Å². The third kappa shape index (κ3) is 7.20. The number of para-hydroxylation sites is 2. The van der Waals surface area contributed by atoms with E-state index in [0.29, 0.717) is 17.7 Å². The summed E-state index contributed by atoms with van der Waals surface area (Å²) in [6, 6.07) is 32.1. The molecule has 52 heavy (non-hydrogen) atoms. The number of aryl methyl sites for hydroxylation is 4. The van der Waals surface area contributed by atoms with Crippen molar-refractivity contribution in [3.05, 3.63) is 130 Å². The van der Waals surface area contributed by atoms with Crippen molar-refractivity contribution in [3.8, 4) is 22.5 Å². The van der Waals surface area contributed by atoms with Gasteiger partial charge in [0.05, 0.1) is 33.5 Å². The molecular weight excluding hydrogens is 641 g/mol. The molecule has 264 valence electrons. The molecule has 0 radical (unpaired) electrons. The molecule has 2 aromatic heterocycles. The minimum atomic E-state index is -0.236. The fraction of sp³-hybridized carbons (Fsp3) is 0.304. The second-order valence-corrected chi connectivity index (χ2v) is 16.2. The summed E-state index contributed by atoms with van der Waals surface area (Å²) in [5.41, 5.74) is 10.9. The van der Waals surface area contributed by atoms with Crippen molar-refractivity contribution in [2.45, 2.75) is 73.8 Å². The van der Waals surface area contributed by atoms with Crippen molar-refractivity contribution in [1.82, 2.24) is 20.6 Å². The highest BCUT2D eigenvalue weighted by Crippen LogP contribution is 2.46. The molecule has 2 amide bonds. The van der Waals surface area contributed by atoms with E-state index in [4.69, 9.17) is 9.97 Å². The van der Waals surface area contributed by atoms with Gasteiger partial charge in [0.1, 0.15) is 0 Å². The normalized spacial score (nSPS) is 18.3. The maximum Gasteiger partial charge on any atom is 0.252 e. The molecular formula is C46H48N4O2. The zero-order valence-electron chi connectivity index (χ0n) is 31.4. The molecule has 4 aromatic carbocycles. The standard InChI is InChI=1S/C46H48N4O2/c1-28-16-18-32(20-30(28)3)41-22-37(35-12-8-10-14-39(35)49-41)43(51)47-27-46(7)25-34(24-45(5,6)26-46)48-44(52)38-23-42(33-19-17-29(2)31(4)21-33)50-40-15-11-9-13-36(38)40/h8-23,34H,24-27H2,1-7H3,(H,47,51)(H,48,52)/t34-,46-/m0/s1. The van der Waals surface area contributed by atoms with Gasteiger partial charge in [0, 0.05) is 34.5 Å². The number of rotatable bonds is 7. The first-order valence-electron chi connectivity index (χ1n) is 18.3. The Kier molecular flexibility index (Phi) is 9.20. The summed E-state index contributed by atoms with van der Waals surface area (Å²) in [5, 5.41) is 8.41. The average Bonchev–Trinajstić information content (AvgIpc) is 3.11. The lowest BCUT2D eigenvalue weighted by molar-refractivity contribution is 0.0593. The van der Waals surface area contributed by atoms with E-state index in [9.17, 15) is 9.59 Å².